The van der Waals surface area contributed by atoms with Crippen LogP contribution in [0.3, 0.4) is 0 Å². The molecule has 0 aromatic heterocycles. The first kappa shape index (κ1) is 20.5. The highest BCUT2D eigenvalue weighted by Gasteiger charge is 2.73. The lowest BCUT2D eigenvalue weighted by atomic mass is 10.2. The molecule has 11 heteroatoms. The van der Waals surface area contributed by atoms with Crippen LogP contribution in [-0.2, 0) is 0 Å². The van der Waals surface area contributed by atoms with Crippen molar-refractivity contribution in [1.29, 1.82) is 0 Å². The number of aromatic hydroxyl groups is 1. The minimum absolute atomic E-state index is 0.0309. The largest absolute Gasteiger partial charge is 0.508 e. The van der Waals surface area contributed by atoms with Crippen LogP contribution in [0.4, 0.5) is 42.1 Å². The van der Waals surface area contributed by atoms with E-state index >= 15 is 0 Å². The lowest BCUT2D eigenvalue weighted by Gasteiger charge is -2.27. The topological polar surface area (TPSA) is 54.2 Å². The van der Waals surface area contributed by atoms with E-state index in [0.717, 1.165) is 12.1 Å². The van der Waals surface area contributed by atoms with Crippen molar-refractivity contribution in [3.8, 4) is 11.5 Å². The summed E-state index contributed by atoms with van der Waals surface area (Å²) in [6.45, 7) is -2.16. The van der Waals surface area contributed by atoms with E-state index in [0.29, 0.717) is 5.69 Å². The molecule has 27 heavy (non-hydrogen) atoms. The van der Waals surface area contributed by atoms with Gasteiger partial charge < -0.3 is 9.84 Å². The maximum absolute atomic E-state index is 13.2. The summed E-state index contributed by atoms with van der Waals surface area (Å²) in [6.07, 6.45) is -6.40. The maximum Gasteiger partial charge on any atom is 0.460 e. The predicted octanol–water partition coefficient (Wildman–Crippen LogP) is 6.02. The number of alkyl halides is 7. The molecule has 0 aliphatic rings. The van der Waals surface area contributed by atoms with Crippen LogP contribution in [0, 0.1) is 0 Å². The molecule has 2 aromatic carbocycles. The van der Waals surface area contributed by atoms with Crippen LogP contribution >= 0.6 is 0 Å². The molecule has 0 aliphatic carbocycles. The van der Waals surface area contributed by atoms with Crippen LogP contribution in [-0.4, -0.2) is 29.7 Å². The molecule has 0 saturated carbocycles. The van der Waals surface area contributed by atoms with E-state index in [4.69, 9.17) is 5.11 Å². The average Bonchev–Trinajstić information content (AvgIpc) is 2.59. The van der Waals surface area contributed by atoms with Crippen LogP contribution in [0.15, 0.2) is 58.8 Å². The number of hydrogen-bond donors (Lipinski definition) is 1. The van der Waals surface area contributed by atoms with E-state index in [1.165, 1.54) is 36.4 Å². The molecule has 0 aliphatic heterocycles. The predicted molar refractivity (Wildman–Crippen MR) is 80.2 cm³/mol. The summed E-state index contributed by atoms with van der Waals surface area (Å²) in [4.78, 5) is 0. The van der Waals surface area contributed by atoms with Gasteiger partial charge in [-0.05, 0) is 48.5 Å². The number of phenols is 1. The zero-order chi connectivity index (χ0) is 20.3. The molecule has 146 valence electrons. The van der Waals surface area contributed by atoms with Crippen LogP contribution in [0.5, 0.6) is 11.5 Å². The van der Waals surface area contributed by atoms with Crippen LogP contribution in [0.25, 0.3) is 0 Å². The van der Waals surface area contributed by atoms with Gasteiger partial charge in [0.2, 0.25) is 0 Å². The van der Waals surface area contributed by atoms with E-state index in [1.54, 1.807) is 0 Å². The first-order valence-electron chi connectivity index (χ1n) is 7.18. The second-order valence-corrected chi connectivity index (χ2v) is 5.28. The Bertz CT molecular complexity index is 788. The van der Waals surface area contributed by atoms with Crippen LogP contribution in [0.1, 0.15) is 0 Å². The molecule has 2 aromatic rings. The molecule has 0 spiro atoms. The molecule has 0 radical (unpaired) electrons. The SMILES string of the molecule is Oc1ccc(N=Nc2ccc(OCC(F)(F)C(F)(F)C(F)(F)F)cc2)cc1. The average molecular weight is 396 g/mol. The smallest absolute Gasteiger partial charge is 0.460 e. The normalized spacial score (nSPS) is 13.1. The summed E-state index contributed by atoms with van der Waals surface area (Å²) in [7, 11) is 0. The Morgan fingerprint density at radius 1 is 0.741 bits per heavy atom. The second-order valence-electron chi connectivity index (χ2n) is 5.28. The maximum atomic E-state index is 13.2. The number of halogens is 7. The number of azo groups is 1. The molecule has 2 rings (SSSR count). The molecule has 0 fully saturated rings. The van der Waals surface area contributed by atoms with Gasteiger partial charge in [0, 0.05) is 0 Å². The van der Waals surface area contributed by atoms with Gasteiger partial charge in [-0.25, -0.2) is 0 Å². The summed E-state index contributed by atoms with van der Waals surface area (Å²) in [5.41, 5.74) is 0.643. The third-order valence-corrected chi connectivity index (χ3v) is 3.20. The zero-order valence-electron chi connectivity index (χ0n) is 13.2. The van der Waals surface area contributed by atoms with Crippen molar-refractivity contribution in [3.63, 3.8) is 0 Å². The monoisotopic (exact) mass is 396 g/mol. The number of nitrogens with zero attached hydrogens (tertiary/aromatic N) is 2. The van der Waals surface area contributed by atoms with Gasteiger partial charge in [-0.15, -0.1) is 0 Å². The summed E-state index contributed by atoms with van der Waals surface area (Å²) in [5.74, 6) is -12.0. The Balaban J connectivity index is 2.00. The number of ether oxygens (including phenoxy) is 1. The molecule has 0 unspecified atom stereocenters. The number of phenolic OH excluding ortho intramolecular Hbond substituents is 1. The van der Waals surface area contributed by atoms with Gasteiger partial charge in [-0.2, -0.15) is 41.0 Å². The van der Waals surface area contributed by atoms with E-state index < -0.39 is 24.6 Å². The minimum atomic E-state index is -6.40. The van der Waals surface area contributed by atoms with Crippen LogP contribution < -0.4 is 4.74 Å². The summed E-state index contributed by atoms with van der Waals surface area (Å²) in [5, 5.41) is 16.7. The molecule has 0 amide bonds. The first-order valence-corrected chi connectivity index (χ1v) is 7.18. The van der Waals surface area contributed by atoms with E-state index in [9.17, 15) is 30.7 Å². The van der Waals surface area contributed by atoms with Crippen molar-refractivity contribution < 1.29 is 40.6 Å². The summed E-state index contributed by atoms with van der Waals surface area (Å²) >= 11 is 0. The Morgan fingerprint density at radius 3 is 1.63 bits per heavy atom. The molecule has 0 heterocycles. The number of hydrogen-bond acceptors (Lipinski definition) is 4. The Labute approximate surface area is 147 Å². The van der Waals surface area contributed by atoms with Gasteiger partial charge in [0.1, 0.15) is 11.5 Å². The van der Waals surface area contributed by atoms with Crippen molar-refractivity contribution in [2.45, 2.75) is 18.0 Å². The Morgan fingerprint density at radius 2 is 1.19 bits per heavy atom. The molecule has 0 bridgehead atoms. The number of benzene rings is 2. The van der Waals surface area contributed by atoms with E-state index in [-0.39, 0.29) is 17.2 Å². The van der Waals surface area contributed by atoms with Gasteiger partial charge in [-0.3, -0.25) is 0 Å². The van der Waals surface area contributed by atoms with Crippen molar-refractivity contribution >= 4 is 11.4 Å². The van der Waals surface area contributed by atoms with Gasteiger partial charge in [-0.1, -0.05) is 0 Å². The van der Waals surface area contributed by atoms with Crippen molar-refractivity contribution in [2.75, 3.05) is 6.61 Å². The first-order chi connectivity index (χ1) is 12.4. The highest BCUT2D eigenvalue weighted by molar-refractivity contribution is 5.43. The fourth-order valence-electron chi connectivity index (χ4n) is 1.72. The molecule has 1 N–H and O–H groups in total. The van der Waals surface area contributed by atoms with Crippen LogP contribution in [0.2, 0.25) is 0 Å². The minimum Gasteiger partial charge on any atom is -0.508 e. The molecular weight excluding hydrogens is 385 g/mol. The lowest BCUT2D eigenvalue weighted by molar-refractivity contribution is -0.358. The second kappa shape index (κ2) is 7.41. The summed E-state index contributed by atoms with van der Waals surface area (Å²) < 4.78 is 92.3. The molecule has 0 saturated heterocycles. The Hall–Kier alpha value is -2.85. The van der Waals surface area contributed by atoms with E-state index in [1.807, 2.05) is 0 Å². The lowest BCUT2D eigenvalue weighted by Crippen LogP contribution is -2.54. The molecular formula is C16H11F7N2O2. The highest BCUT2D eigenvalue weighted by Crippen LogP contribution is 2.46. The standard InChI is InChI=1S/C16H11F7N2O2/c17-14(18,15(19,20)16(21,22)23)9-27-13-7-3-11(4-8-13)25-24-10-1-5-12(26)6-2-10/h1-8,26H,9H2. The van der Waals surface area contributed by atoms with Gasteiger partial charge in [0.25, 0.3) is 0 Å². The fourth-order valence-corrected chi connectivity index (χ4v) is 1.72. The van der Waals surface area contributed by atoms with Crippen molar-refractivity contribution in [3.05, 3.63) is 48.5 Å². The van der Waals surface area contributed by atoms with Crippen molar-refractivity contribution in [1.82, 2.24) is 0 Å². The molecule has 4 nitrogen and oxygen atoms in total. The molecule has 0 atom stereocenters. The zero-order valence-corrected chi connectivity index (χ0v) is 13.2. The third-order valence-electron chi connectivity index (χ3n) is 3.20. The van der Waals surface area contributed by atoms with Gasteiger partial charge in [0.05, 0.1) is 11.4 Å². The Kier molecular flexibility index (Phi) is 5.62. The van der Waals surface area contributed by atoms with Gasteiger partial charge >= 0.3 is 18.0 Å². The number of rotatable bonds is 6. The van der Waals surface area contributed by atoms with Crippen molar-refractivity contribution in [2.24, 2.45) is 10.2 Å². The highest BCUT2D eigenvalue weighted by atomic mass is 19.4. The summed E-state index contributed by atoms with van der Waals surface area (Å²) in [6, 6.07) is 10.3. The fraction of sp³-hybridized carbons (Fsp3) is 0.250. The van der Waals surface area contributed by atoms with Gasteiger partial charge in [0.15, 0.2) is 6.61 Å². The van der Waals surface area contributed by atoms with E-state index in [2.05, 4.69) is 15.0 Å². The third kappa shape index (κ3) is 4.86. The quantitative estimate of drug-likeness (QED) is 0.480.